The van der Waals surface area contributed by atoms with Gasteiger partial charge in [-0.25, -0.2) is 0 Å². The molecular weight excluding hydrogens is 218 g/mol. The lowest BCUT2D eigenvalue weighted by Crippen LogP contribution is -1.89. The van der Waals surface area contributed by atoms with E-state index in [1.165, 1.54) is 0 Å². The first-order chi connectivity index (χ1) is 2.41. The van der Waals surface area contributed by atoms with Gasteiger partial charge in [-0.1, -0.05) is 13.8 Å². The van der Waals surface area contributed by atoms with E-state index in [9.17, 15) is 0 Å². The average molecular weight is 238 g/mol. The largest absolute Gasteiger partial charge is 0.344 e. The first-order valence-electron chi connectivity index (χ1n) is 2.00. The van der Waals surface area contributed by atoms with Crippen LogP contribution < -0.4 is 11.5 Å². The van der Waals surface area contributed by atoms with Gasteiger partial charge in [-0.2, -0.15) is 0 Å². The molecular formula is C4H20Cl4N2. The third kappa shape index (κ3) is 508. The molecule has 0 saturated carbocycles. The molecule has 0 aromatic carbocycles. The van der Waals surface area contributed by atoms with Crippen LogP contribution in [0.4, 0.5) is 0 Å². The molecule has 0 rings (SSSR count). The van der Waals surface area contributed by atoms with Crippen molar-refractivity contribution in [3.8, 4) is 0 Å². The van der Waals surface area contributed by atoms with E-state index in [4.69, 9.17) is 0 Å². The third-order valence-corrected chi connectivity index (χ3v) is 0. The maximum absolute atomic E-state index is 2.75. The van der Waals surface area contributed by atoms with E-state index in [1.54, 1.807) is 0 Å². The Balaban J connectivity index is -0.00000000246. The van der Waals surface area contributed by atoms with Crippen LogP contribution in [0.3, 0.4) is 0 Å². The Kier molecular flexibility index (Phi) is 1300. The molecule has 0 heterocycles. The van der Waals surface area contributed by atoms with Gasteiger partial charge < -0.3 is 11.5 Å². The normalized spacial score (nSPS) is 2.40. The molecule has 0 aliphatic carbocycles. The van der Waals surface area contributed by atoms with E-state index in [1.807, 2.05) is 27.9 Å². The molecule has 10 heavy (non-hydrogen) atoms. The van der Waals surface area contributed by atoms with E-state index in [2.05, 4.69) is 5.32 Å². The summed E-state index contributed by atoms with van der Waals surface area (Å²) in [4.78, 5) is 0. The lowest BCUT2D eigenvalue weighted by atomic mass is 11.0. The Morgan fingerprint density at radius 3 is 0.700 bits per heavy atom. The van der Waals surface area contributed by atoms with Gasteiger partial charge in [-0.15, -0.1) is 49.6 Å². The van der Waals surface area contributed by atoms with Crippen molar-refractivity contribution in [1.82, 2.24) is 11.5 Å². The zero-order chi connectivity index (χ0) is 4.71. The average Bonchev–Trinajstić information content (AvgIpc) is 1.46. The SMILES string of the molecule is CC.CNC.Cl.Cl.Cl.Cl.N. The first-order valence-corrected chi connectivity index (χ1v) is 2.00. The summed E-state index contributed by atoms with van der Waals surface area (Å²) in [5.74, 6) is 0. The monoisotopic (exact) mass is 236 g/mol. The highest BCUT2D eigenvalue weighted by atomic mass is 35.5. The molecule has 0 atom stereocenters. The fraction of sp³-hybridized carbons (Fsp3) is 1.00. The molecule has 0 aromatic heterocycles. The molecule has 0 bridgehead atoms. The summed E-state index contributed by atoms with van der Waals surface area (Å²) in [5, 5.41) is 2.75. The maximum atomic E-state index is 2.75. The zero-order valence-corrected chi connectivity index (χ0v) is 10.1. The molecule has 0 saturated heterocycles. The van der Waals surface area contributed by atoms with Crippen molar-refractivity contribution in [2.75, 3.05) is 14.1 Å². The number of hydrogen-bond donors (Lipinski definition) is 2. The number of nitrogens with one attached hydrogen (secondary N) is 1. The van der Waals surface area contributed by atoms with Crippen LogP contribution in [0.15, 0.2) is 0 Å². The van der Waals surface area contributed by atoms with Gasteiger partial charge in [0.1, 0.15) is 0 Å². The first kappa shape index (κ1) is 67.6. The Bertz CT molecular complexity index is 15.2. The van der Waals surface area contributed by atoms with E-state index in [-0.39, 0.29) is 55.8 Å². The maximum Gasteiger partial charge on any atom is -0.0167 e. The highest BCUT2D eigenvalue weighted by Gasteiger charge is 1.25. The fourth-order valence-electron chi connectivity index (χ4n) is 0. The quantitative estimate of drug-likeness (QED) is 0.681. The van der Waals surface area contributed by atoms with Crippen LogP contribution in [0.1, 0.15) is 13.8 Å². The number of hydrogen-bond acceptors (Lipinski definition) is 2. The van der Waals surface area contributed by atoms with Gasteiger partial charge in [0, 0.05) is 0 Å². The Hall–Kier alpha value is 1.08. The minimum absolute atomic E-state index is 0. The predicted molar refractivity (Wildman–Crippen MR) is 60.3 cm³/mol. The summed E-state index contributed by atoms with van der Waals surface area (Å²) < 4.78 is 0. The van der Waals surface area contributed by atoms with Gasteiger partial charge in [-0.3, -0.25) is 0 Å². The van der Waals surface area contributed by atoms with Crippen molar-refractivity contribution < 1.29 is 0 Å². The second-order valence-electron chi connectivity index (χ2n) is 0.500. The molecule has 74 valence electrons. The van der Waals surface area contributed by atoms with E-state index in [0.717, 1.165) is 0 Å². The van der Waals surface area contributed by atoms with Crippen LogP contribution >= 0.6 is 49.6 Å². The Morgan fingerprint density at radius 2 is 0.700 bits per heavy atom. The minimum Gasteiger partial charge on any atom is -0.344 e. The van der Waals surface area contributed by atoms with Gasteiger partial charge in [0.15, 0.2) is 0 Å². The Labute approximate surface area is 89.1 Å². The summed E-state index contributed by atoms with van der Waals surface area (Å²) >= 11 is 0. The molecule has 2 nitrogen and oxygen atoms in total. The summed E-state index contributed by atoms with van der Waals surface area (Å²) in [6.07, 6.45) is 0. The van der Waals surface area contributed by atoms with Crippen molar-refractivity contribution >= 4 is 49.6 Å². The van der Waals surface area contributed by atoms with E-state index in [0.29, 0.717) is 0 Å². The standard InChI is InChI=1S/C2H7N.C2H6.4ClH.H3N/c1-3-2;1-2;;;;;/h3H,1-2H3;1-2H3;4*1H;1H3. The van der Waals surface area contributed by atoms with Gasteiger partial charge in [-0.05, 0) is 14.1 Å². The highest BCUT2D eigenvalue weighted by Crippen LogP contribution is 1.14. The molecule has 0 spiro atoms. The fourth-order valence-corrected chi connectivity index (χ4v) is 0. The minimum atomic E-state index is 0. The molecule has 0 aliphatic rings. The van der Waals surface area contributed by atoms with Crippen LogP contribution in [0, 0.1) is 0 Å². The molecule has 0 radical (unpaired) electrons. The van der Waals surface area contributed by atoms with Crippen molar-refractivity contribution in [1.29, 1.82) is 0 Å². The molecule has 4 N–H and O–H groups in total. The second kappa shape index (κ2) is 192. The second-order valence-corrected chi connectivity index (χ2v) is 0.500. The van der Waals surface area contributed by atoms with E-state index >= 15 is 0 Å². The lowest BCUT2D eigenvalue weighted by Gasteiger charge is -1.59. The highest BCUT2D eigenvalue weighted by molar-refractivity contribution is 5.86. The van der Waals surface area contributed by atoms with E-state index < -0.39 is 0 Å². The van der Waals surface area contributed by atoms with Crippen molar-refractivity contribution in [3.05, 3.63) is 0 Å². The zero-order valence-electron chi connectivity index (χ0n) is 6.84. The number of rotatable bonds is 0. The third-order valence-electron chi connectivity index (χ3n) is 0. The summed E-state index contributed by atoms with van der Waals surface area (Å²) in [6.45, 7) is 4.00. The van der Waals surface area contributed by atoms with Crippen molar-refractivity contribution in [2.45, 2.75) is 13.8 Å². The topological polar surface area (TPSA) is 47.0 Å². The lowest BCUT2D eigenvalue weighted by molar-refractivity contribution is 1.02. The molecule has 0 aliphatic heterocycles. The van der Waals surface area contributed by atoms with Crippen molar-refractivity contribution in [2.24, 2.45) is 0 Å². The molecule has 0 aromatic rings. The summed E-state index contributed by atoms with van der Waals surface area (Å²) in [5.41, 5.74) is 0. The predicted octanol–water partition coefficient (Wildman–Crippen LogP) is 2.71. The van der Waals surface area contributed by atoms with Crippen LogP contribution in [0.2, 0.25) is 0 Å². The molecule has 0 amide bonds. The Morgan fingerprint density at radius 1 is 0.700 bits per heavy atom. The van der Waals surface area contributed by atoms with Crippen molar-refractivity contribution in [3.63, 3.8) is 0 Å². The van der Waals surface area contributed by atoms with Gasteiger partial charge in [0.2, 0.25) is 0 Å². The van der Waals surface area contributed by atoms with Crippen LogP contribution in [-0.2, 0) is 0 Å². The summed E-state index contributed by atoms with van der Waals surface area (Å²) in [7, 11) is 3.75. The van der Waals surface area contributed by atoms with Gasteiger partial charge >= 0.3 is 0 Å². The smallest absolute Gasteiger partial charge is 0.0167 e. The molecule has 0 fully saturated rings. The van der Waals surface area contributed by atoms with Crippen LogP contribution in [0.25, 0.3) is 0 Å². The summed E-state index contributed by atoms with van der Waals surface area (Å²) in [6, 6.07) is 0. The van der Waals surface area contributed by atoms with Crippen LogP contribution in [-0.4, -0.2) is 14.1 Å². The number of halogens is 4. The van der Waals surface area contributed by atoms with Gasteiger partial charge in [0.25, 0.3) is 0 Å². The molecule has 6 heteroatoms. The van der Waals surface area contributed by atoms with Gasteiger partial charge in [0.05, 0.1) is 0 Å². The van der Waals surface area contributed by atoms with Crippen LogP contribution in [0.5, 0.6) is 0 Å². The molecule has 0 unspecified atom stereocenters.